The van der Waals surface area contributed by atoms with E-state index in [0.717, 1.165) is 29.7 Å². The third-order valence-corrected chi connectivity index (χ3v) is 2.87. The van der Waals surface area contributed by atoms with E-state index in [4.69, 9.17) is 17.3 Å². The second-order valence-electron chi connectivity index (χ2n) is 3.69. The number of anilines is 1. The molecule has 0 spiro atoms. The Hall–Kier alpha value is -1.48. The van der Waals surface area contributed by atoms with Gasteiger partial charge in [-0.05, 0) is 12.5 Å². The summed E-state index contributed by atoms with van der Waals surface area (Å²) < 4.78 is 0. The summed E-state index contributed by atoms with van der Waals surface area (Å²) in [5, 5.41) is 7.71. The van der Waals surface area contributed by atoms with Crippen LogP contribution in [0.1, 0.15) is 18.9 Å². The van der Waals surface area contributed by atoms with Gasteiger partial charge in [-0.1, -0.05) is 43.1 Å². The zero-order valence-corrected chi connectivity index (χ0v) is 9.88. The van der Waals surface area contributed by atoms with Crippen LogP contribution in [0, 0.1) is 0 Å². The minimum Gasteiger partial charge on any atom is -0.382 e. The largest absolute Gasteiger partial charge is 0.382 e. The molecule has 0 fully saturated rings. The fourth-order valence-electron chi connectivity index (χ4n) is 1.77. The van der Waals surface area contributed by atoms with Crippen LogP contribution in [0.4, 0.5) is 5.82 Å². The molecular formula is C12H14ClN3. The highest BCUT2D eigenvalue weighted by Gasteiger charge is 2.13. The summed E-state index contributed by atoms with van der Waals surface area (Å²) in [5.41, 5.74) is 8.77. The molecule has 16 heavy (non-hydrogen) atoms. The van der Waals surface area contributed by atoms with Crippen LogP contribution in [0.25, 0.3) is 11.3 Å². The van der Waals surface area contributed by atoms with Crippen molar-refractivity contribution >= 4 is 17.4 Å². The van der Waals surface area contributed by atoms with E-state index >= 15 is 0 Å². The van der Waals surface area contributed by atoms with E-state index in [9.17, 15) is 0 Å². The van der Waals surface area contributed by atoms with E-state index in [0.29, 0.717) is 10.8 Å². The van der Waals surface area contributed by atoms with Gasteiger partial charge in [0.05, 0.1) is 5.69 Å². The first-order valence-electron chi connectivity index (χ1n) is 5.31. The van der Waals surface area contributed by atoms with Crippen molar-refractivity contribution in [1.29, 1.82) is 0 Å². The second-order valence-corrected chi connectivity index (χ2v) is 4.10. The molecule has 3 N–H and O–H groups in total. The molecule has 0 radical (unpaired) electrons. The average molecular weight is 236 g/mol. The number of aromatic amines is 1. The number of benzene rings is 1. The molecule has 0 aliphatic rings. The SMILES string of the molecule is CCCc1c(N)n[nH]c1-c1ccccc1Cl. The predicted molar refractivity (Wildman–Crippen MR) is 67.4 cm³/mol. The molecule has 1 aromatic carbocycles. The van der Waals surface area contributed by atoms with Crippen LogP contribution in [0.5, 0.6) is 0 Å². The highest BCUT2D eigenvalue weighted by atomic mass is 35.5. The Balaban J connectivity index is 2.52. The zero-order valence-electron chi connectivity index (χ0n) is 9.13. The molecular weight excluding hydrogens is 222 g/mol. The molecule has 0 saturated heterocycles. The zero-order chi connectivity index (χ0) is 11.5. The number of nitrogens with one attached hydrogen (secondary N) is 1. The topological polar surface area (TPSA) is 54.7 Å². The van der Waals surface area contributed by atoms with Gasteiger partial charge in [0.1, 0.15) is 5.82 Å². The van der Waals surface area contributed by atoms with Crippen molar-refractivity contribution in [2.45, 2.75) is 19.8 Å². The Bertz CT molecular complexity index is 491. The molecule has 2 aromatic rings. The number of aromatic nitrogens is 2. The summed E-state index contributed by atoms with van der Waals surface area (Å²) in [6, 6.07) is 7.69. The second kappa shape index (κ2) is 4.58. The number of nitrogen functional groups attached to an aromatic ring is 1. The van der Waals surface area contributed by atoms with E-state index < -0.39 is 0 Å². The number of rotatable bonds is 3. The molecule has 2 rings (SSSR count). The van der Waals surface area contributed by atoms with Crippen molar-refractivity contribution < 1.29 is 0 Å². The Morgan fingerprint density at radius 2 is 2.12 bits per heavy atom. The Kier molecular flexibility index (Phi) is 3.15. The van der Waals surface area contributed by atoms with Crippen LogP contribution in [0.15, 0.2) is 24.3 Å². The fraction of sp³-hybridized carbons (Fsp3) is 0.250. The minimum atomic E-state index is 0.566. The Labute approximate surface area is 99.6 Å². The molecule has 1 heterocycles. The normalized spacial score (nSPS) is 10.6. The predicted octanol–water partition coefficient (Wildman–Crippen LogP) is 3.26. The van der Waals surface area contributed by atoms with E-state index in [1.807, 2.05) is 24.3 Å². The summed E-state index contributed by atoms with van der Waals surface area (Å²) in [5.74, 6) is 0.566. The number of halogens is 1. The highest BCUT2D eigenvalue weighted by Crippen LogP contribution is 2.31. The van der Waals surface area contributed by atoms with Gasteiger partial charge < -0.3 is 5.73 Å². The maximum absolute atomic E-state index is 6.15. The van der Waals surface area contributed by atoms with E-state index in [-0.39, 0.29) is 0 Å². The van der Waals surface area contributed by atoms with Crippen LogP contribution in [-0.4, -0.2) is 10.2 Å². The lowest BCUT2D eigenvalue weighted by Gasteiger charge is -2.04. The monoisotopic (exact) mass is 235 g/mol. The molecule has 4 heteroatoms. The van der Waals surface area contributed by atoms with E-state index in [2.05, 4.69) is 17.1 Å². The average Bonchev–Trinajstić information content (AvgIpc) is 2.62. The lowest BCUT2D eigenvalue weighted by molar-refractivity contribution is 0.927. The van der Waals surface area contributed by atoms with Crippen LogP contribution in [0.3, 0.4) is 0 Å². The number of nitrogens with zero attached hydrogens (tertiary/aromatic N) is 1. The maximum Gasteiger partial charge on any atom is 0.149 e. The maximum atomic E-state index is 6.15. The molecule has 0 bridgehead atoms. The number of nitrogens with two attached hydrogens (primary N) is 1. The number of H-pyrrole nitrogens is 1. The molecule has 0 aliphatic heterocycles. The Morgan fingerprint density at radius 3 is 2.81 bits per heavy atom. The van der Waals surface area contributed by atoms with Gasteiger partial charge >= 0.3 is 0 Å². The smallest absolute Gasteiger partial charge is 0.149 e. The number of hydrogen-bond acceptors (Lipinski definition) is 2. The number of hydrogen-bond donors (Lipinski definition) is 2. The van der Waals surface area contributed by atoms with Gasteiger partial charge in [-0.3, -0.25) is 5.10 Å². The Morgan fingerprint density at radius 1 is 1.38 bits per heavy atom. The summed E-state index contributed by atoms with van der Waals surface area (Å²) in [4.78, 5) is 0. The van der Waals surface area contributed by atoms with Crippen molar-refractivity contribution in [3.8, 4) is 11.3 Å². The summed E-state index contributed by atoms with van der Waals surface area (Å²) in [7, 11) is 0. The van der Waals surface area contributed by atoms with Gasteiger partial charge in [-0.2, -0.15) is 5.10 Å². The molecule has 0 aliphatic carbocycles. The van der Waals surface area contributed by atoms with Gasteiger partial charge in [-0.25, -0.2) is 0 Å². The summed E-state index contributed by atoms with van der Waals surface area (Å²) in [6.07, 6.45) is 1.93. The molecule has 0 unspecified atom stereocenters. The van der Waals surface area contributed by atoms with Crippen molar-refractivity contribution in [3.63, 3.8) is 0 Å². The first kappa shape index (κ1) is 11.0. The fourth-order valence-corrected chi connectivity index (χ4v) is 2.00. The standard InChI is InChI=1S/C12H14ClN3/c1-2-5-9-11(15-16-12(9)14)8-6-3-4-7-10(8)13/h3-4,6-7H,2,5H2,1H3,(H3,14,15,16). The van der Waals surface area contributed by atoms with Crippen molar-refractivity contribution in [2.75, 3.05) is 5.73 Å². The summed E-state index contributed by atoms with van der Waals surface area (Å²) in [6.45, 7) is 2.11. The molecule has 0 saturated carbocycles. The van der Waals surface area contributed by atoms with Gasteiger partial charge in [0.2, 0.25) is 0 Å². The van der Waals surface area contributed by atoms with E-state index in [1.165, 1.54) is 0 Å². The lowest BCUT2D eigenvalue weighted by Crippen LogP contribution is -1.92. The van der Waals surface area contributed by atoms with Crippen LogP contribution in [0.2, 0.25) is 5.02 Å². The van der Waals surface area contributed by atoms with Crippen molar-refractivity contribution in [1.82, 2.24) is 10.2 Å². The molecule has 3 nitrogen and oxygen atoms in total. The van der Waals surface area contributed by atoms with Crippen LogP contribution < -0.4 is 5.73 Å². The first-order chi connectivity index (χ1) is 7.74. The van der Waals surface area contributed by atoms with Gasteiger partial charge in [-0.15, -0.1) is 0 Å². The van der Waals surface area contributed by atoms with Crippen molar-refractivity contribution in [2.24, 2.45) is 0 Å². The van der Waals surface area contributed by atoms with Crippen LogP contribution in [-0.2, 0) is 6.42 Å². The van der Waals surface area contributed by atoms with Crippen LogP contribution >= 0.6 is 11.6 Å². The molecule has 0 amide bonds. The lowest BCUT2D eigenvalue weighted by atomic mass is 10.0. The molecule has 1 aromatic heterocycles. The minimum absolute atomic E-state index is 0.566. The van der Waals surface area contributed by atoms with Crippen molar-refractivity contribution in [3.05, 3.63) is 34.9 Å². The third kappa shape index (κ3) is 1.91. The van der Waals surface area contributed by atoms with Gasteiger partial charge in [0.25, 0.3) is 0 Å². The quantitative estimate of drug-likeness (QED) is 0.858. The molecule has 0 atom stereocenters. The molecule has 84 valence electrons. The van der Waals surface area contributed by atoms with Gasteiger partial charge in [0, 0.05) is 16.1 Å². The van der Waals surface area contributed by atoms with Gasteiger partial charge in [0.15, 0.2) is 0 Å². The third-order valence-electron chi connectivity index (χ3n) is 2.54. The highest BCUT2D eigenvalue weighted by molar-refractivity contribution is 6.33. The van der Waals surface area contributed by atoms with E-state index in [1.54, 1.807) is 0 Å². The summed E-state index contributed by atoms with van der Waals surface area (Å²) >= 11 is 6.15. The first-order valence-corrected chi connectivity index (χ1v) is 5.69.